The molecule has 1 aromatic carbocycles. The highest BCUT2D eigenvalue weighted by Gasteiger charge is 2.37. The number of carbonyl (C=O) groups excluding carboxylic acids is 1. The third-order valence-electron chi connectivity index (χ3n) is 4.21. The van der Waals surface area contributed by atoms with Crippen LogP contribution in [-0.4, -0.2) is 32.0 Å². The van der Waals surface area contributed by atoms with Crippen molar-refractivity contribution < 1.29 is 14.7 Å². The number of hydrogen-bond donors (Lipinski definition) is 1. The molecule has 0 amide bonds. The fourth-order valence-corrected chi connectivity index (χ4v) is 3.14. The molecule has 0 aliphatic heterocycles. The van der Waals surface area contributed by atoms with Crippen molar-refractivity contribution in [3.63, 3.8) is 0 Å². The van der Waals surface area contributed by atoms with Gasteiger partial charge in [-0.1, -0.05) is 36.6 Å². The smallest absolute Gasteiger partial charge is 0.316 e. The van der Waals surface area contributed by atoms with Gasteiger partial charge in [0.25, 0.3) is 5.91 Å². The third kappa shape index (κ3) is 2.53. The lowest BCUT2D eigenvalue weighted by atomic mass is 9.79. The summed E-state index contributed by atoms with van der Waals surface area (Å²) in [7, 11) is 0. The van der Waals surface area contributed by atoms with Gasteiger partial charge in [0.05, 0.1) is 5.52 Å². The van der Waals surface area contributed by atoms with Crippen molar-refractivity contribution in [1.29, 1.82) is 0 Å². The molecular formula is C15H17N3O3. The van der Waals surface area contributed by atoms with Crippen molar-refractivity contribution in [3.05, 3.63) is 24.3 Å². The van der Waals surface area contributed by atoms with Gasteiger partial charge in [-0.05, 0) is 30.9 Å². The molecule has 1 aliphatic rings. The zero-order valence-corrected chi connectivity index (χ0v) is 11.6. The maximum absolute atomic E-state index is 12.6. The molecule has 0 bridgehead atoms. The summed E-state index contributed by atoms with van der Waals surface area (Å²) in [4.78, 5) is 24.2. The molecule has 2 aromatic rings. The van der Waals surface area contributed by atoms with Crippen LogP contribution in [0.4, 0.5) is 0 Å². The van der Waals surface area contributed by atoms with Crippen molar-refractivity contribution in [3.8, 4) is 0 Å². The molecule has 0 saturated heterocycles. The second kappa shape index (κ2) is 5.63. The molecule has 0 radical (unpaired) electrons. The third-order valence-corrected chi connectivity index (χ3v) is 4.21. The first-order valence-electron chi connectivity index (χ1n) is 7.26. The van der Waals surface area contributed by atoms with Crippen molar-refractivity contribution >= 4 is 22.9 Å². The Labute approximate surface area is 121 Å². The van der Waals surface area contributed by atoms with Gasteiger partial charge in [-0.15, -0.1) is 5.10 Å². The monoisotopic (exact) mass is 287 g/mol. The average molecular weight is 287 g/mol. The SMILES string of the molecule is O=C(O)C(C(=O)n1nnc2ccccc21)C1CCCCC1. The molecule has 6 nitrogen and oxygen atoms in total. The first-order chi connectivity index (χ1) is 10.2. The topological polar surface area (TPSA) is 85.1 Å². The summed E-state index contributed by atoms with van der Waals surface area (Å²) in [5, 5.41) is 17.3. The summed E-state index contributed by atoms with van der Waals surface area (Å²) in [6, 6.07) is 7.07. The minimum absolute atomic E-state index is 0.105. The van der Waals surface area contributed by atoms with Crippen LogP contribution in [0.15, 0.2) is 24.3 Å². The molecule has 3 rings (SSSR count). The van der Waals surface area contributed by atoms with Crippen molar-refractivity contribution in [1.82, 2.24) is 15.0 Å². The lowest BCUT2D eigenvalue weighted by Crippen LogP contribution is -2.36. The van der Waals surface area contributed by atoms with E-state index in [1.165, 1.54) is 0 Å². The van der Waals surface area contributed by atoms with Gasteiger partial charge in [-0.2, -0.15) is 4.68 Å². The number of aromatic nitrogens is 3. The Hall–Kier alpha value is -2.24. The lowest BCUT2D eigenvalue weighted by Gasteiger charge is -2.26. The van der Waals surface area contributed by atoms with E-state index in [0.717, 1.165) is 36.8 Å². The Balaban J connectivity index is 1.95. The van der Waals surface area contributed by atoms with Crippen LogP contribution >= 0.6 is 0 Å². The van der Waals surface area contributed by atoms with Gasteiger partial charge in [0.2, 0.25) is 0 Å². The molecule has 1 aromatic heterocycles. The van der Waals surface area contributed by atoms with E-state index in [9.17, 15) is 14.7 Å². The average Bonchev–Trinajstić information content (AvgIpc) is 2.92. The van der Waals surface area contributed by atoms with Gasteiger partial charge in [0, 0.05) is 0 Å². The molecule has 1 atom stereocenters. The minimum Gasteiger partial charge on any atom is -0.481 e. The summed E-state index contributed by atoms with van der Waals surface area (Å²) < 4.78 is 1.14. The van der Waals surface area contributed by atoms with E-state index in [-0.39, 0.29) is 5.92 Å². The van der Waals surface area contributed by atoms with Gasteiger partial charge < -0.3 is 5.11 Å². The van der Waals surface area contributed by atoms with Gasteiger partial charge in [-0.3, -0.25) is 9.59 Å². The fourth-order valence-electron chi connectivity index (χ4n) is 3.14. The van der Waals surface area contributed by atoms with Gasteiger partial charge in [0.15, 0.2) is 0 Å². The Morgan fingerprint density at radius 3 is 2.62 bits per heavy atom. The molecular weight excluding hydrogens is 270 g/mol. The van der Waals surface area contributed by atoms with Crippen molar-refractivity contribution in [2.24, 2.45) is 11.8 Å². The highest BCUT2D eigenvalue weighted by Crippen LogP contribution is 2.31. The molecule has 110 valence electrons. The highest BCUT2D eigenvalue weighted by molar-refractivity contribution is 6.01. The second-order valence-corrected chi connectivity index (χ2v) is 5.54. The normalized spacial score (nSPS) is 17.7. The molecule has 1 N–H and O–H groups in total. The Morgan fingerprint density at radius 1 is 1.19 bits per heavy atom. The highest BCUT2D eigenvalue weighted by atomic mass is 16.4. The standard InChI is InChI=1S/C15H17N3O3/c19-14(13(15(20)21)10-6-2-1-3-7-10)18-12-9-5-4-8-11(12)16-17-18/h4-5,8-10,13H,1-3,6-7H2,(H,20,21). The minimum atomic E-state index is -1.06. The summed E-state index contributed by atoms with van der Waals surface area (Å²) >= 11 is 0. The molecule has 1 heterocycles. The predicted octanol–water partition coefficient (Wildman–Crippen LogP) is 2.35. The molecule has 1 saturated carbocycles. The van der Waals surface area contributed by atoms with E-state index >= 15 is 0 Å². The van der Waals surface area contributed by atoms with E-state index < -0.39 is 17.8 Å². The van der Waals surface area contributed by atoms with Gasteiger partial charge in [-0.25, -0.2) is 0 Å². The van der Waals surface area contributed by atoms with Crippen LogP contribution in [0.25, 0.3) is 11.0 Å². The quantitative estimate of drug-likeness (QED) is 0.876. The van der Waals surface area contributed by atoms with Crippen LogP contribution < -0.4 is 0 Å². The molecule has 0 spiro atoms. The number of carboxylic acid groups (broad SMARTS) is 1. The number of aliphatic carboxylic acids is 1. The number of carboxylic acids is 1. The number of hydrogen-bond acceptors (Lipinski definition) is 4. The number of fused-ring (bicyclic) bond motifs is 1. The number of carbonyl (C=O) groups is 2. The van der Waals surface area contributed by atoms with E-state index in [1.54, 1.807) is 18.2 Å². The first-order valence-corrected chi connectivity index (χ1v) is 7.26. The van der Waals surface area contributed by atoms with Gasteiger partial charge >= 0.3 is 5.97 Å². The summed E-state index contributed by atoms with van der Waals surface area (Å²) in [6.45, 7) is 0. The molecule has 1 fully saturated rings. The lowest BCUT2D eigenvalue weighted by molar-refractivity contribution is -0.142. The van der Waals surface area contributed by atoms with E-state index in [1.807, 2.05) is 6.07 Å². The molecule has 21 heavy (non-hydrogen) atoms. The van der Waals surface area contributed by atoms with Crippen LogP contribution in [0.3, 0.4) is 0 Å². The van der Waals surface area contributed by atoms with Crippen LogP contribution in [0.1, 0.15) is 36.9 Å². The maximum Gasteiger partial charge on any atom is 0.316 e. The van der Waals surface area contributed by atoms with Crippen LogP contribution in [0.2, 0.25) is 0 Å². The van der Waals surface area contributed by atoms with Crippen molar-refractivity contribution in [2.75, 3.05) is 0 Å². The summed E-state index contributed by atoms with van der Waals surface area (Å²) in [6.07, 6.45) is 4.66. The van der Waals surface area contributed by atoms with Crippen LogP contribution in [-0.2, 0) is 4.79 Å². The number of benzene rings is 1. The predicted molar refractivity (Wildman–Crippen MR) is 75.9 cm³/mol. The molecule has 1 unspecified atom stereocenters. The largest absolute Gasteiger partial charge is 0.481 e. The summed E-state index contributed by atoms with van der Waals surface area (Å²) in [5.41, 5.74) is 1.16. The van der Waals surface area contributed by atoms with E-state index in [0.29, 0.717) is 11.0 Å². The van der Waals surface area contributed by atoms with Crippen molar-refractivity contribution in [2.45, 2.75) is 32.1 Å². The Bertz CT molecular complexity index is 674. The number of nitrogens with zero attached hydrogens (tertiary/aromatic N) is 3. The summed E-state index contributed by atoms with van der Waals surface area (Å²) in [5.74, 6) is -2.68. The van der Waals surface area contributed by atoms with Crippen LogP contribution in [0, 0.1) is 11.8 Å². The fraction of sp³-hybridized carbons (Fsp3) is 0.467. The maximum atomic E-state index is 12.6. The van der Waals surface area contributed by atoms with E-state index in [4.69, 9.17) is 0 Å². The van der Waals surface area contributed by atoms with Crippen LogP contribution in [0.5, 0.6) is 0 Å². The zero-order chi connectivity index (χ0) is 14.8. The van der Waals surface area contributed by atoms with E-state index in [2.05, 4.69) is 10.3 Å². The zero-order valence-electron chi connectivity index (χ0n) is 11.6. The molecule has 1 aliphatic carbocycles. The van der Waals surface area contributed by atoms with Gasteiger partial charge in [0.1, 0.15) is 11.4 Å². The first kappa shape index (κ1) is 13.7. The molecule has 6 heteroatoms. The Morgan fingerprint density at radius 2 is 1.90 bits per heavy atom. The Kier molecular flexibility index (Phi) is 3.68. The second-order valence-electron chi connectivity index (χ2n) is 5.54. The number of para-hydroxylation sites is 1. The number of rotatable bonds is 3.